The molecule has 0 aliphatic carbocycles. The van der Waals surface area contributed by atoms with Crippen LogP contribution < -0.4 is 5.73 Å². The van der Waals surface area contributed by atoms with Crippen molar-refractivity contribution in [3.63, 3.8) is 0 Å². The van der Waals surface area contributed by atoms with Crippen molar-refractivity contribution in [3.05, 3.63) is 30.1 Å². The van der Waals surface area contributed by atoms with Gasteiger partial charge in [0, 0.05) is 45.1 Å². The van der Waals surface area contributed by atoms with Crippen LogP contribution in [0.15, 0.2) is 24.5 Å². The third-order valence-electron chi connectivity index (χ3n) is 3.83. The minimum absolute atomic E-state index is 0.220. The van der Waals surface area contributed by atoms with Crippen molar-refractivity contribution in [1.82, 2.24) is 14.8 Å². The molecule has 1 aromatic heterocycles. The van der Waals surface area contributed by atoms with E-state index in [0.717, 1.165) is 39.1 Å². The lowest BCUT2D eigenvalue weighted by atomic mass is 10.1. The highest BCUT2D eigenvalue weighted by molar-refractivity contribution is 7.80. The smallest absolute Gasteiger partial charge is 0.0899 e. The summed E-state index contributed by atoms with van der Waals surface area (Å²) in [5.41, 5.74) is 7.06. The molecule has 1 fully saturated rings. The molecule has 0 spiro atoms. The third-order valence-corrected chi connectivity index (χ3v) is 4.17. The molecule has 19 heavy (non-hydrogen) atoms. The number of nitrogens with zero attached hydrogens (tertiary/aromatic N) is 3. The fraction of sp³-hybridized carbons (Fsp3) is 0.571. The quantitative estimate of drug-likeness (QED) is 0.811. The van der Waals surface area contributed by atoms with E-state index in [0.29, 0.717) is 4.99 Å². The van der Waals surface area contributed by atoms with Gasteiger partial charge in [0.05, 0.1) is 11.0 Å². The van der Waals surface area contributed by atoms with E-state index in [4.69, 9.17) is 18.0 Å². The Bertz CT molecular complexity index is 401. The molecule has 2 rings (SSSR count). The predicted molar refractivity (Wildman–Crippen MR) is 82.2 cm³/mol. The normalized spacial score (nSPS) is 19.2. The van der Waals surface area contributed by atoms with Crippen LogP contribution in [0.2, 0.25) is 0 Å². The van der Waals surface area contributed by atoms with Crippen LogP contribution in [0.3, 0.4) is 0 Å². The fourth-order valence-corrected chi connectivity index (χ4v) is 2.54. The second kappa shape index (κ2) is 6.93. The van der Waals surface area contributed by atoms with E-state index in [2.05, 4.69) is 33.8 Å². The van der Waals surface area contributed by atoms with E-state index in [1.54, 1.807) is 0 Å². The lowest BCUT2D eigenvalue weighted by molar-refractivity contribution is 0.124. The summed E-state index contributed by atoms with van der Waals surface area (Å²) in [7, 11) is 0. The van der Waals surface area contributed by atoms with Crippen LogP contribution in [0.5, 0.6) is 0 Å². The molecule has 0 radical (unpaired) electrons. The monoisotopic (exact) mass is 278 g/mol. The highest BCUT2D eigenvalue weighted by atomic mass is 32.1. The number of rotatable bonds is 5. The highest BCUT2D eigenvalue weighted by Gasteiger charge is 2.21. The number of piperazine rings is 1. The van der Waals surface area contributed by atoms with E-state index in [-0.39, 0.29) is 6.04 Å². The lowest BCUT2D eigenvalue weighted by Crippen LogP contribution is -2.52. The summed E-state index contributed by atoms with van der Waals surface area (Å²) in [6.45, 7) is 7.49. The van der Waals surface area contributed by atoms with Crippen LogP contribution in [-0.2, 0) is 6.42 Å². The zero-order chi connectivity index (χ0) is 13.7. The molecule has 1 aliphatic heterocycles. The molecule has 1 saturated heterocycles. The molecule has 1 aromatic rings. The molecule has 4 nitrogen and oxygen atoms in total. The van der Waals surface area contributed by atoms with Crippen LogP contribution in [-0.4, -0.2) is 58.5 Å². The van der Waals surface area contributed by atoms with Crippen molar-refractivity contribution in [2.75, 3.05) is 32.7 Å². The number of thiocarbonyl (C=S) groups is 1. The number of hydrogen-bond acceptors (Lipinski definition) is 4. The van der Waals surface area contributed by atoms with E-state index in [1.807, 2.05) is 12.4 Å². The van der Waals surface area contributed by atoms with Crippen molar-refractivity contribution >= 4 is 17.2 Å². The summed E-state index contributed by atoms with van der Waals surface area (Å²) >= 11 is 5.06. The zero-order valence-electron chi connectivity index (χ0n) is 11.5. The molecule has 2 N–H and O–H groups in total. The van der Waals surface area contributed by atoms with E-state index < -0.39 is 0 Å². The van der Waals surface area contributed by atoms with Crippen LogP contribution in [0.1, 0.15) is 12.5 Å². The Morgan fingerprint density at radius 3 is 2.53 bits per heavy atom. The summed E-state index contributed by atoms with van der Waals surface area (Å²) < 4.78 is 0. The first-order valence-corrected chi connectivity index (χ1v) is 7.22. The first kappa shape index (κ1) is 14.4. The van der Waals surface area contributed by atoms with Crippen molar-refractivity contribution < 1.29 is 0 Å². The number of pyridine rings is 1. The fourth-order valence-electron chi connectivity index (χ4n) is 2.39. The first-order chi connectivity index (χ1) is 9.16. The Hall–Kier alpha value is -1.04. The summed E-state index contributed by atoms with van der Waals surface area (Å²) in [6, 6.07) is 4.40. The summed E-state index contributed by atoms with van der Waals surface area (Å²) in [5.74, 6) is 0. The van der Waals surface area contributed by atoms with Crippen molar-refractivity contribution in [2.24, 2.45) is 5.73 Å². The number of hydrogen-bond donors (Lipinski definition) is 1. The molecular weight excluding hydrogens is 256 g/mol. The number of nitrogens with two attached hydrogens (primary N) is 1. The van der Waals surface area contributed by atoms with Gasteiger partial charge in [-0.15, -0.1) is 0 Å². The molecule has 1 unspecified atom stereocenters. The summed E-state index contributed by atoms with van der Waals surface area (Å²) in [4.78, 5) is 9.51. The van der Waals surface area contributed by atoms with Gasteiger partial charge in [-0.2, -0.15) is 0 Å². The average molecular weight is 278 g/mol. The van der Waals surface area contributed by atoms with Gasteiger partial charge in [0.1, 0.15) is 0 Å². The van der Waals surface area contributed by atoms with Crippen LogP contribution in [0, 0.1) is 0 Å². The van der Waals surface area contributed by atoms with Gasteiger partial charge in [0.15, 0.2) is 0 Å². The molecule has 0 bridgehead atoms. The summed E-state index contributed by atoms with van der Waals surface area (Å²) in [5, 5.41) is 0. The van der Waals surface area contributed by atoms with Gasteiger partial charge in [-0.3, -0.25) is 9.88 Å². The van der Waals surface area contributed by atoms with E-state index in [9.17, 15) is 0 Å². The Balaban J connectivity index is 1.73. The van der Waals surface area contributed by atoms with Crippen molar-refractivity contribution in [1.29, 1.82) is 0 Å². The van der Waals surface area contributed by atoms with Gasteiger partial charge in [0.25, 0.3) is 0 Å². The van der Waals surface area contributed by atoms with Gasteiger partial charge in [0.2, 0.25) is 0 Å². The maximum Gasteiger partial charge on any atom is 0.0899 e. The Morgan fingerprint density at radius 2 is 1.95 bits per heavy atom. The van der Waals surface area contributed by atoms with Crippen LogP contribution in [0.25, 0.3) is 0 Å². The van der Waals surface area contributed by atoms with E-state index >= 15 is 0 Å². The van der Waals surface area contributed by atoms with Crippen LogP contribution >= 0.6 is 12.2 Å². The molecule has 104 valence electrons. The molecule has 2 heterocycles. The molecule has 0 amide bonds. The Morgan fingerprint density at radius 1 is 1.32 bits per heavy atom. The molecule has 1 aliphatic rings. The van der Waals surface area contributed by atoms with Gasteiger partial charge in [-0.25, -0.2) is 0 Å². The minimum atomic E-state index is 0.220. The maximum absolute atomic E-state index is 5.71. The van der Waals surface area contributed by atoms with Gasteiger partial charge >= 0.3 is 0 Å². The van der Waals surface area contributed by atoms with Gasteiger partial charge in [-0.1, -0.05) is 12.2 Å². The molecule has 0 saturated carbocycles. The van der Waals surface area contributed by atoms with E-state index in [1.165, 1.54) is 5.56 Å². The minimum Gasteiger partial charge on any atom is -0.392 e. The molecule has 1 atom stereocenters. The first-order valence-electron chi connectivity index (χ1n) is 6.81. The second-order valence-corrected chi connectivity index (χ2v) is 5.53. The van der Waals surface area contributed by atoms with Crippen LogP contribution in [0.4, 0.5) is 0 Å². The van der Waals surface area contributed by atoms with Gasteiger partial charge < -0.3 is 10.6 Å². The largest absolute Gasteiger partial charge is 0.392 e. The SMILES string of the molecule is CC(C(N)=S)N1CCN(CCc2ccncc2)CC1. The van der Waals surface area contributed by atoms with Crippen molar-refractivity contribution in [2.45, 2.75) is 19.4 Å². The number of aromatic nitrogens is 1. The Labute approximate surface area is 120 Å². The second-order valence-electron chi connectivity index (χ2n) is 5.06. The molecule has 5 heteroatoms. The predicted octanol–water partition coefficient (Wildman–Crippen LogP) is 0.916. The standard InChI is InChI=1S/C14H22N4S/c1-12(14(15)19)18-10-8-17(9-11-18)7-4-13-2-5-16-6-3-13/h2-3,5-6,12H,4,7-11H2,1H3,(H2,15,19). The average Bonchev–Trinajstić information content (AvgIpc) is 2.46. The maximum atomic E-state index is 5.71. The topological polar surface area (TPSA) is 45.4 Å². The summed E-state index contributed by atoms with van der Waals surface area (Å²) in [6.07, 6.45) is 4.81. The van der Waals surface area contributed by atoms with Crippen molar-refractivity contribution in [3.8, 4) is 0 Å². The lowest BCUT2D eigenvalue weighted by Gasteiger charge is -2.37. The third kappa shape index (κ3) is 4.23. The molecular formula is C14H22N4S. The molecule has 0 aromatic carbocycles. The Kier molecular flexibility index (Phi) is 5.24. The zero-order valence-corrected chi connectivity index (χ0v) is 12.3. The highest BCUT2D eigenvalue weighted by Crippen LogP contribution is 2.08. The van der Waals surface area contributed by atoms with Gasteiger partial charge in [-0.05, 0) is 31.0 Å².